The molecule has 0 aromatic carbocycles. The van der Waals surface area contributed by atoms with Crippen LogP contribution in [0.25, 0.3) is 0 Å². The van der Waals surface area contributed by atoms with Crippen molar-refractivity contribution < 1.29 is 24.3 Å². The second kappa shape index (κ2) is 13.5. The zero-order valence-corrected chi connectivity index (χ0v) is 22.0. The van der Waals surface area contributed by atoms with E-state index in [1.165, 1.54) is 6.92 Å². The monoisotopic (exact) mass is 470 g/mol. The standard InChI is InChI=1S/C24H46N4O5/c1-13(2)18(27-20(30)17(7)29)21(31)26-16(6)12-11-15(5)19(22(32)25-14(3)4)28-23(33)24(8,9)10/h13-19,29H,11-12H2,1-10H3,(H,25,32)(H,26,31)(H,27,30)(H,28,33)/t15?,16?,17-,18-,19-/m0/s1. The summed E-state index contributed by atoms with van der Waals surface area (Å²) in [6.45, 7) is 17.9. The Morgan fingerprint density at radius 1 is 0.697 bits per heavy atom. The van der Waals surface area contributed by atoms with Crippen LogP contribution in [0.4, 0.5) is 0 Å². The molecule has 5 N–H and O–H groups in total. The zero-order valence-electron chi connectivity index (χ0n) is 22.0. The van der Waals surface area contributed by atoms with E-state index in [2.05, 4.69) is 21.3 Å². The molecule has 0 saturated heterocycles. The molecule has 33 heavy (non-hydrogen) atoms. The second-order valence-electron chi connectivity index (χ2n) is 10.7. The molecule has 5 atom stereocenters. The Hall–Kier alpha value is -2.16. The highest BCUT2D eigenvalue weighted by atomic mass is 16.3. The number of carbonyl (C=O) groups excluding carboxylic acids is 4. The Morgan fingerprint density at radius 3 is 1.64 bits per heavy atom. The van der Waals surface area contributed by atoms with Crippen LogP contribution in [0.15, 0.2) is 0 Å². The first-order valence-corrected chi connectivity index (χ1v) is 11.9. The summed E-state index contributed by atoms with van der Waals surface area (Å²) < 4.78 is 0. The van der Waals surface area contributed by atoms with Crippen molar-refractivity contribution in [2.75, 3.05) is 0 Å². The minimum atomic E-state index is -1.20. The summed E-state index contributed by atoms with van der Waals surface area (Å²) in [6, 6.07) is -1.71. The lowest BCUT2D eigenvalue weighted by Crippen LogP contribution is -2.54. The van der Waals surface area contributed by atoms with E-state index in [4.69, 9.17) is 0 Å². The maximum absolute atomic E-state index is 12.7. The van der Waals surface area contributed by atoms with Crippen molar-refractivity contribution in [1.29, 1.82) is 0 Å². The minimum absolute atomic E-state index is 0.0539. The molecule has 2 unspecified atom stereocenters. The van der Waals surface area contributed by atoms with E-state index in [9.17, 15) is 24.3 Å². The minimum Gasteiger partial charge on any atom is -0.384 e. The summed E-state index contributed by atoms with van der Waals surface area (Å²) in [7, 11) is 0. The average Bonchev–Trinajstić information content (AvgIpc) is 2.65. The maximum Gasteiger partial charge on any atom is 0.249 e. The van der Waals surface area contributed by atoms with Gasteiger partial charge in [-0.15, -0.1) is 0 Å². The number of aliphatic hydroxyl groups excluding tert-OH is 1. The van der Waals surface area contributed by atoms with E-state index in [-0.39, 0.29) is 41.6 Å². The van der Waals surface area contributed by atoms with Crippen molar-refractivity contribution in [3.63, 3.8) is 0 Å². The zero-order chi connectivity index (χ0) is 26.1. The quantitative estimate of drug-likeness (QED) is 0.294. The first-order valence-electron chi connectivity index (χ1n) is 11.9. The molecule has 0 fully saturated rings. The summed E-state index contributed by atoms with van der Waals surface area (Å²) in [4.78, 5) is 49.8. The Bertz CT molecular complexity index is 670. The third-order valence-corrected chi connectivity index (χ3v) is 5.32. The molecule has 4 amide bonds. The fourth-order valence-electron chi connectivity index (χ4n) is 3.09. The molecule has 0 aliphatic heterocycles. The largest absolute Gasteiger partial charge is 0.384 e. The predicted molar refractivity (Wildman–Crippen MR) is 129 cm³/mol. The predicted octanol–water partition coefficient (Wildman–Crippen LogP) is 1.48. The van der Waals surface area contributed by atoms with Crippen LogP contribution in [-0.2, 0) is 19.2 Å². The Kier molecular flexibility index (Phi) is 12.6. The van der Waals surface area contributed by atoms with Gasteiger partial charge in [0.15, 0.2) is 0 Å². The lowest BCUT2D eigenvalue weighted by molar-refractivity contribution is -0.135. The van der Waals surface area contributed by atoms with Gasteiger partial charge in [0.2, 0.25) is 23.6 Å². The van der Waals surface area contributed by atoms with Crippen LogP contribution < -0.4 is 21.3 Å². The normalized spacial score (nSPS) is 16.4. The van der Waals surface area contributed by atoms with Gasteiger partial charge in [0.1, 0.15) is 18.2 Å². The van der Waals surface area contributed by atoms with Crippen LogP contribution >= 0.6 is 0 Å². The van der Waals surface area contributed by atoms with E-state index >= 15 is 0 Å². The Labute approximate surface area is 199 Å². The molecule has 0 aliphatic rings. The first kappa shape index (κ1) is 30.8. The van der Waals surface area contributed by atoms with Crippen molar-refractivity contribution >= 4 is 23.6 Å². The molecule has 0 aromatic heterocycles. The van der Waals surface area contributed by atoms with Crippen molar-refractivity contribution in [3.05, 3.63) is 0 Å². The fourth-order valence-corrected chi connectivity index (χ4v) is 3.09. The number of amides is 4. The molecule has 0 aliphatic carbocycles. The molecular weight excluding hydrogens is 424 g/mol. The number of hydrogen-bond donors (Lipinski definition) is 5. The molecule has 0 bridgehead atoms. The van der Waals surface area contributed by atoms with Crippen molar-refractivity contribution in [3.8, 4) is 0 Å². The highest BCUT2D eigenvalue weighted by molar-refractivity contribution is 5.90. The van der Waals surface area contributed by atoms with E-state index < -0.39 is 29.5 Å². The van der Waals surface area contributed by atoms with Crippen molar-refractivity contribution in [2.45, 2.75) is 112 Å². The lowest BCUT2D eigenvalue weighted by atomic mass is 9.90. The molecule has 0 heterocycles. The van der Waals surface area contributed by atoms with Gasteiger partial charge in [-0.05, 0) is 52.4 Å². The summed E-state index contributed by atoms with van der Waals surface area (Å²) in [6.07, 6.45) is -0.0255. The van der Waals surface area contributed by atoms with Crippen LogP contribution in [0.1, 0.15) is 82.1 Å². The molecule has 0 spiro atoms. The summed E-state index contributed by atoms with van der Waals surface area (Å²) >= 11 is 0. The molecule has 0 aromatic rings. The van der Waals surface area contributed by atoms with Crippen molar-refractivity contribution in [1.82, 2.24) is 21.3 Å². The van der Waals surface area contributed by atoms with Gasteiger partial charge < -0.3 is 26.4 Å². The van der Waals surface area contributed by atoms with E-state index in [0.717, 1.165) is 0 Å². The number of hydrogen-bond acceptors (Lipinski definition) is 5. The fraction of sp³-hybridized carbons (Fsp3) is 0.833. The van der Waals surface area contributed by atoms with Crippen LogP contribution in [0, 0.1) is 17.3 Å². The summed E-state index contributed by atoms with van der Waals surface area (Å²) in [5.41, 5.74) is -0.625. The third-order valence-electron chi connectivity index (χ3n) is 5.32. The molecule has 192 valence electrons. The van der Waals surface area contributed by atoms with Crippen LogP contribution in [0.2, 0.25) is 0 Å². The highest BCUT2D eigenvalue weighted by Gasteiger charge is 2.32. The van der Waals surface area contributed by atoms with Crippen LogP contribution in [0.5, 0.6) is 0 Å². The molecule has 0 radical (unpaired) electrons. The highest BCUT2D eigenvalue weighted by Crippen LogP contribution is 2.18. The van der Waals surface area contributed by atoms with E-state index in [1.807, 2.05) is 41.5 Å². The van der Waals surface area contributed by atoms with E-state index in [1.54, 1.807) is 20.8 Å². The second-order valence-corrected chi connectivity index (χ2v) is 10.7. The van der Waals surface area contributed by atoms with Gasteiger partial charge in [0.25, 0.3) is 0 Å². The SMILES string of the molecule is CC(C)NC(=O)[C@@H](NC(=O)C(C)(C)C)C(C)CCC(C)NC(=O)[C@@H](NC(=O)[C@H](C)O)C(C)C. The van der Waals surface area contributed by atoms with Gasteiger partial charge in [0, 0.05) is 17.5 Å². The molecule has 9 heteroatoms. The molecular formula is C24H46N4O5. The Balaban J connectivity index is 5.12. The molecule has 0 saturated carbocycles. The van der Waals surface area contributed by atoms with Gasteiger partial charge in [-0.3, -0.25) is 19.2 Å². The van der Waals surface area contributed by atoms with Gasteiger partial charge in [0.05, 0.1) is 0 Å². The topological polar surface area (TPSA) is 137 Å². The maximum atomic E-state index is 12.7. The summed E-state index contributed by atoms with van der Waals surface area (Å²) in [5.74, 6) is -1.67. The van der Waals surface area contributed by atoms with Crippen LogP contribution in [0.3, 0.4) is 0 Å². The molecule has 9 nitrogen and oxygen atoms in total. The van der Waals surface area contributed by atoms with E-state index in [0.29, 0.717) is 12.8 Å². The van der Waals surface area contributed by atoms with Crippen molar-refractivity contribution in [2.24, 2.45) is 17.3 Å². The average molecular weight is 471 g/mol. The van der Waals surface area contributed by atoms with Gasteiger partial charge >= 0.3 is 0 Å². The lowest BCUT2D eigenvalue weighted by Gasteiger charge is -2.29. The first-order chi connectivity index (χ1) is 15.0. The number of nitrogens with one attached hydrogen (secondary N) is 4. The van der Waals surface area contributed by atoms with Gasteiger partial charge in [-0.1, -0.05) is 41.5 Å². The summed E-state index contributed by atoms with van der Waals surface area (Å²) in [5, 5.41) is 20.6. The van der Waals surface area contributed by atoms with Gasteiger partial charge in [-0.2, -0.15) is 0 Å². The molecule has 0 rings (SSSR count). The number of rotatable bonds is 12. The number of aliphatic hydroxyl groups is 1. The Morgan fingerprint density at radius 2 is 1.21 bits per heavy atom. The van der Waals surface area contributed by atoms with Crippen LogP contribution in [-0.4, -0.2) is 59.0 Å². The third kappa shape index (κ3) is 11.5. The van der Waals surface area contributed by atoms with Gasteiger partial charge in [-0.25, -0.2) is 0 Å². The number of carbonyl (C=O) groups is 4. The smallest absolute Gasteiger partial charge is 0.249 e.